The highest BCUT2D eigenvalue weighted by atomic mass is 19.3. The fourth-order valence-corrected chi connectivity index (χ4v) is 3.64. The van der Waals surface area contributed by atoms with Crippen molar-refractivity contribution in [2.45, 2.75) is 37.4 Å². The van der Waals surface area contributed by atoms with Gasteiger partial charge in [0.15, 0.2) is 0 Å². The molecule has 1 aromatic heterocycles. The largest absolute Gasteiger partial charge is 0.478 e. The standard InChI is InChI=1S/C25H24F2N2O5/c1-16(31)24-28-12-13-29(24)20(14-30)9-4-17-2-5-18(6-3-17)19-7-10-21(11-8-19)34-23-22(32)15-33-25(23,26)27/h2-3,5-8,10-13,16,20,22-23,30-32H,14-15H2,1H3/t16-,20-,22+,23-/m0/s1. The van der Waals surface area contributed by atoms with E-state index in [1.165, 1.54) is 0 Å². The number of aliphatic hydroxyl groups is 3. The maximum absolute atomic E-state index is 13.6. The lowest BCUT2D eigenvalue weighted by Crippen LogP contribution is -2.40. The van der Waals surface area contributed by atoms with Gasteiger partial charge in [-0.05, 0) is 42.3 Å². The lowest BCUT2D eigenvalue weighted by molar-refractivity contribution is -0.243. The molecule has 2 aromatic carbocycles. The average molecular weight is 470 g/mol. The Balaban J connectivity index is 1.44. The summed E-state index contributed by atoms with van der Waals surface area (Å²) >= 11 is 0. The van der Waals surface area contributed by atoms with Crippen molar-refractivity contribution in [3.05, 3.63) is 72.3 Å². The van der Waals surface area contributed by atoms with Crippen molar-refractivity contribution in [1.29, 1.82) is 0 Å². The van der Waals surface area contributed by atoms with Crippen LogP contribution in [0.5, 0.6) is 5.75 Å². The predicted molar refractivity (Wildman–Crippen MR) is 119 cm³/mol. The number of ether oxygens (including phenoxy) is 2. The molecule has 0 amide bonds. The van der Waals surface area contributed by atoms with Crippen molar-refractivity contribution in [3.8, 4) is 28.7 Å². The summed E-state index contributed by atoms with van der Waals surface area (Å²) in [6, 6.07) is 13.4. The van der Waals surface area contributed by atoms with Gasteiger partial charge < -0.3 is 29.4 Å². The van der Waals surface area contributed by atoms with E-state index in [-0.39, 0.29) is 12.4 Å². The Kier molecular flexibility index (Phi) is 6.95. The molecule has 1 saturated heterocycles. The zero-order chi connectivity index (χ0) is 24.3. The fraction of sp³-hybridized carbons (Fsp3) is 0.320. The number of aromatic nitrogens is 2. The van der Waals surface area contributed by atoms with E-state index in [1.807, 2.05) is 24.3 Å². The Hall–Kier alpha value is -3.29. The molecule has 178 valence electrons. The van der Waals surface area contributed by atoms with Crippen molar-refractivity contribution in [2.75, 3.05) is 13.2 Å². The third-order valence-electron chi connectivity index (χ3n) is 5.43. The number of alkyl halides is 2. The van der Waals surface area contributed by atoms with E-state index >= 15 is 0 Å². The predicted octanol–water partition coefficient (Wildman–Crippen LogP) is 2.92. The number of imidazole rings is 1. The van der Waals surface area contributed by atoms with Gasteiger partial charge in [-0.1, -0.05) is 36.1 Å². The molecule has 0 bridgehead atoms. The van der Waals surface area contributed by atoms with Gasteiger partial charge in [-0.2, -0.15) is 8.78 Å². The van der Waals surface area contributed by atoms with E-state index in [9.17, 15) is 24.1 Å². The third-order valence-corrected chi connectivity index (χ3v) is 5.43. The number of hydrogen-bond donors (Lipinski definition) is 3. The molecule has 3 aromatic rings. The van der Waals surface area contributed by atoms with E-state index in [0.29, 0.717) is 5.82 Å². The molecule has 4 atom stereocenters. The Bertz CT molecular complexity index is 1170. The quantitative estimate of drug-likeness (QED) is 0.480. The molecular weight excluding hydrogens is 446 g/mol. The third kappa shape index (κ3) is 5.11. The number of halogens is 2. The first kappa shape index (κ1) is 23.9. The fourth-order valence-electron chi connectivity index (χ4n) is 3.64. The summed E-state index contributed by atoms with van der Waals surface area (Å²) < 4.78 is 38.5. The van der Waals surface area contributed by atoms with Crippen LogP contribution in [0.2, 0.25) is 0 Å². The van der Waals surface area contributed by atoms with Crippen LogP contribution in [0.4, 0.5) is 8.78 Å². The van der Waals surface area contributed by atoms with Crippen LogP contribution >= 0.6 is 0 Å². The van der Waals surface area contributed by atoms with Gasteiger partial charge >= 0.3 is 6.11 Å². The molecule has 1 aliphatic rings. The molecule has 0 saturated carbocycles. The van der Waals surface area contributed by atoms with Crippen LogP contribution in [0, 0.1) is 11.8 Å². The van der Waals surface area contributed by atoms with Gasteiger partial charge in [-0.15, -0.1) is 0 Å². The maximum Gasteiger partial charge on any atom is 0.395 e. The SMILES string of the molecule is C[C@H](O)c1nccn1[C@@H](C#Cc1ccc(-c2ccc(O[C@H]3[C@H](O)COC3(F)F)cc2)cc1)CO. The first-order chi connectivity index (χ1) is 16.3. The summed E-state index contributed by atoms with van der Waals surface area (Å²) in [7, 11) is 0. The van der Waals surface area contributed by atoms with Crippen molar-refractivity contribution in [1.82, 2.24) is 9.55 Å². The van der Waals surface area contributed by atoms with Crippen molar-refractivity contribution in [2.24, 2.45) is 0 Å². The van der Waals surface area contributed by atoms with E-state index in [4.69, 9.17) is 4.74 Å². The highest BCUT2D eigenvalue weighted by Gasteiger charge is 2.53. The number of hydrogen-bond acceptors (Lipinski definition) is 6. The minimum Gasteiger partial charge on any atom is -0.478 e. The number of aliphatic hydroxyl groups excluding tert-OH is 3. The zero-order valence-corrected chi connectivity index (χ0v) is 18.3. The van der Waals surface area contributed by atoms with E-state index < -0.39 is 37.1 Å². The molecule has 34 heavy (non-hydrogen) atoms. The maximum atomic E-state index is 13.6. The summed E-state index contributed by atoms with van der Waals surface area (Å²) in [4.78, 5) is 4.10. The zero-order valence-electron chi connectivity index (χ0n) is 18.3. The van der Waals surface area contributed by atoms with Crippen LogP contribution in [-0.4, -0.2) is 56.4 Å². The van der Waals surface area contributed by atoms with Gasteiger partial charge in [0.05, 0.1) is 13.2 Å². The van der Waals surface area contributed by atoms with Gasteiger partial charge in [0, 0.05) is 18.0 Å². The molecular formula is C25H24F2N2O5. The average Bonchev–Trinajstić information content (AvgIpc) is 3.41. The number of benzene rings is 2. The van der Waals surface area contributed by atoms with Crippen LogP contribution in [0.3, 0.4) is 0 Å². The molecule has 0 spiro atoms. The normalized spacial score (nSPS) is 20.9. The molecule has 4 rings (SSSR count). The topological polar surface area (TPSA) is 97.0 Å². The molecule has 0 radical (unpaired) electrons. The molecule has 0 aliphatic carbocycles. The summed E-state index contributed by atoms with van der Waals surface area (Å²) in [5.74, 6) is 6.65. The Morgan fingerprint density at radius 1 is 1.18 bits per heavy atom. The second kappa shape index (κ2) is 9.91. The number of nitrogens with zero attached hydrogens (tertiary/aromatic N) is 2. The molecule has 7 nitrogen and oxygen atoms in total. The Morgan fingerprint density at radius 3 is 2.38 bits per heavy atom. The van der Waals surface area contributed by atoms with Crippen molar-refractivity contribution < 1.29 is 33.6 Å². The molecule has 2 heterocycles. The molecule has 3 N–H and O–H groups in total. The van der Waals surface area contributed by atoms with Gasteiger partial charge in [0.2, 0.25) is 6.10 Å². The van der Waals surface area contributed by atoms with Crippen LogP contribution < -0.4 is 4.74 Å². The van der Waals surface area contributed by atoms with Crippen LogP contribution in [-0.2, 0) is 4.74 Å². The Morgan fingerprint density at radius 2 is 1.82 bits per heavy atom. The minimum atomic E-state index is -3.54. The van der Waals surface area contributed by atoms with Gasteiger partial charge in [0.1, 0.15) is 29.8 Å². The highest BCUT2D eigenvalue weighted by molar-refractivity contribution is 5.65. The lowest BCUT2D eigenvalue weighted by atomic mass is 10.0. The van der Waals surface area contributed by atoms with E-state index in [1.54, 1.807) is 48.1 Å². The summed E-state index contributed by atoms with van der Waals surface area (Å²) in [6.45, 7) is 0.888. The lowest BCUT2D eigenvalue weighted by Gasteiger charge is -2.20. The summed E-state index contributed by atoms with van der Waals surface area (Å²) in [5, 5.41) is 29.2. The van der Waals surface area contributed by atoms with E-state index in [2.05, 4.69) is 21.6 Å². The second-order valence-corrected chi connectivity index (χ2v) is 7.92. The van der Waals surface area contributed by atoms with Crippen LogP contribution in [0.1, 0.15) is 30.5 Å². The molecule has 1 aliphatic heterocycles. The van der Waals surface area contributed by atoms with Gasteiger partial charge in [-0.25, -0.2) is 4.98 Å². The smallest absolute Gasteiger partial charge is 0.395 e. The molecule has 9 heteroatoms. The van der Waals surface area contributed by atoms with Crippen LogP contribution in [0.25, 0.3) is 11.1 Å². The summed E-state index contributed by atoms with van der Waals surface area (Å²) in [6.07, 6.45) is -4.27. The van der Waals surface area contributed by atoms with Gasteiger partial charge in [0.25, 0.3) is 0 Å². The first-order valence-corrected chi connectivity index (χ1v) is 10.7. The van der Waals surface area contributed by atoms with Crippen molar-refractivity contribution in [3.63, 3.8) is 0 Å². The van der Waals surface area contributed by atoms with E-state index in [0.717, 1.165) is 16.7 Å². The van der Waals surface area contributed by atoms with Crippen LogP contribution in [0.15, 0.2) is 60.9 Å². The summed E-state index contributed by atoms with van der Waals surface area (Å²) in [5.41, 5.74) is 2.46. The van der Waals surface area contributed by atoms with Gasteiger partial charge in [-0.3, -0.25) is 0 Å². The minimum absolute atomic E-state index is 0.201. The highest BCUT2D eigenvalue weighted by Crippen LogP contribution is 2.33. The number of rotatable bonds is 6. The van der Waals surface area contributed by atoms with Crippen molar-refractivity contribution >= 4 is 0 Å². The molecule has 0 unspecified atom stereocenters. The molecule has 1 fully saturated rings. The Labute approximate surface area is 195 Å². The second-order valence-electron chi connectivity index (χ2n) is 7.92. The monoisotopic (exact) mass is 470 g/mol. The first-order valence-electron chi connectivity index (χ1n) is 10.7.